The lowest BCUT2D eigenvalue weighted by Crippen LogP contribution is -2.54. The van der Waals surface area contributed by atoms with Crippen molar-refractivity contribution in [2.45, 2.75) is 31.7 Å². The molecule has 3 aliphatic heterocycles. The molecule has 0 spiro atoms. The molecule has 1 unspecified atom stereocenters. The van der Waals surface area contributed by atoms with E-state index in [2.05, 4.69) is 20.9 Å². The van der Waals surface area contributed by atoms with Crippen molar-refractivity contribution in [1.82, 2.24) is 25.8 Å². The van der Waals surface area contributed by atoms with Crippen LogP contribution in [0.5, 0.6) is 5.75 Å². The fourth-order valence-corrected chi connectivity index (χ4v) is 4.42. The Morgan fingerprint density at radius 3 is 2.65 bits per heavy atom. The largest absolute Gasteiger partial charge is 0.483 e. The molecule has 2 fully saturated rings. The molecule has 1 aromatic rings. The quantitative estimate of drug-likeness (QED) is 0.317. The van der Waals surface area contributed by atoms with Crippen LogP contribution in [0.15, 0.2) is 18.2 Å². The molecule has 11 nitrogen and oxygen atoms in total. The highest BCUT2D eigenvalue weighted by molar-refractivity contribution is 6.24. The molecule has 34 heavy (non-hydrogen) atoms. The van der Waals surface area contributed by atoms with Crippen molar-refractivity contribution in [1.29, 1.82) is 0 Å². The van der Waals surface area contributed by atoms with Gasteiger partial charge in [0.15, 0.2) is 6.61 Å². The van der Waals surface area contributed by atoms with Gasteiger partial charge in [-0.25, -0.2) is 0 Å². The van der Waals surface area contributed by atoms with Gasteiger partial charge in [-0.3, -0.25) is 34.2 Å². The molecular formula is C23H29N5O6. The Balaban J connectivity index is 1.28. The third-order valence-corrected chi connectivity index (χ3v) is 6.22. The molecule has 3 heterocycles. The first-order chi connectivity index (χ1) is 16.5. The Hall–Kier alpha value is -3.31. The van der Waals surface area contributed by atoms with Crippen LogP contribution in [0.2, 0.25) is 0 Å². The zero-order chi connectivity index (χ0) is 24.1. The van der Waals surface area contributed by atoms with Gasteiger partial charge in [-0.15, -0.1) is 0 Å². The number of nitrogens with zero attached hydrogens (tertiary/aromatic N) is 2. The van der Waals surface area contributed by atoms with E-state index in [4.69, 9.17) is 4.74 Å². The summed E-state index contributed by atoms with van der Waals surface area (Å²) < 4.78 is 5.58. The fraction of sp³-hybridized carbons (Fsp3) is 0.522. The number of imide groups is 2. The number of ether oxygens (including phenoxy) is 1. The zero-order valence-corrected chi connectivity index (χ0v) is 18.9. The number of piperidine rings is 1. The Morgan fingerprint density at radius 2 is 1.88 bits per heavy atom. The van der Waals surface area contributed by atoms with Gasteiger partial charge in [0.1, 0.15) is 11.8 Å². The Morgan fingerprint density at radius 1 is 1.09 bits per heavy atom. The summed E-state index contributed by atoms with van der Waals surface area (Å²) in [5.74, 6) is -2.60. The molecule has 3 N–H and O–H groups in total. The van der Waals surface area contributed by atoms with Gasteiger partial charge in [0, 0.05) is 39.1 Å². The van der Waals surface area contributed by atoms with Crippen LogP contribution in [0, 0.1) is 0 Å². The second-order valence-corrected chi connectivity index (χ2v) is 8.56. The van der Waals surface area contributed by atoms with Gasteiger partial charge in [0.05, 0.1) is 11.1 Å². The van der Waals surface area contributed by atoms with E-state index in [1.807, 2.05) is 0 Å². The minimum Gasteiger partial charge on any atom is -0.483 e. The van der Waals surface area contributed by atoms with E-state index in [0.29, 0.717) is 6.54 Å². The summed E-state index contributed by atoms with van der Waals surface area (Å²) in [5, 5.41) is 8.29. The number of hydrogen-bond acceptors (Lipinski definition) is 8. The topological polar surface area (TPSA) is 137 Å². The van der Waals surface area contributed by atoms with Gasteiger partial charge < -0.3 is 20.3 Å². The number of benzene rings is 1. The molecule has 0 aromatic heterocycles. The smallest absolute Gasteiger partial charge is 0.266 e. The van der Waals surface area contributed by atoms with E-state index < -0.39 is 29.7 Å². The van der Waals surface area contributed by atoms with Crippen LogP contribution in [-0.4, -0.2) is 91.3 Å². The Bertz CT molecular complexity index is 990. The molecule has 2 saturated heterocycles. The van der Waals surface area contributed by atoms with Crippen molar-refractivity contribution in [2.75, 3.05) is 45.9 Å². The van der Waals surface area contributed by atoms with E-state index >= 15 is 0 Å². The molecule has 0 radical (unpaired) electrons. The number of piperazine rings is 1. The van der Waals surface area contributed by atoms with Crippen molar-refractivity contribution < 1.29 is 28.7 Å². The van der Waals surface area contributed by atoms with Crippen LogP contribution in [0.4, 0.5) is 0 Å². The zero-order valence-electron chi connectivity index (χ0n) is 18.9. The predicted molar refractivity (Wildman–Crippen MR) is 120 cm³/mol. The Labute approximate surface area is 197 Å². The van der Waals surface area contributed by atoms with Gasteiger partial charge in [-0.1, -0.05) is 6.07 Å². The second kappa shape index (κ2) is 10.7. The van der Waals surface area contributed by atoms with Crippen LogP contribution in [-0.2, 0) is 14.4 Å². The van der Waals surface area contributed by atoms with Crippen LogP contribution >= 0.6 is 0 Å². The molecule has 1 aromatic carbocycles. The molecule has 182 valence electrons. The summed E-state index contributed by atoms with van der Waals surface area (Å²) in [6, 6.07) is 3.50. The molecular weight excluding hydrogens is 442 g/mol. The monoisotopic (exact) mass is 471 g/mol. The maximum atomic E-state index is 13.0. The number of rotatable bonds is 9. The van der Waals surface area contributed by atoms with Gasteiger partial charge in [-0.2, -0.15) is 0 Å². The van der Waals surface area contributed by atoms with E-state index in [1.54, 1.807) is 6.07 Å². The van der Waals surface area contributed by atoms with E-state index in [-0.39, 0.29) is 42.2 Å². The first kappa shape index (κ1) is 23.8. The molecule has 0 aliphatic carbocycles. The van der Waals surface area contributed by atoms with E-state index in [9.17, 15) is 24.0 Å². The van der Waals surface area contributed by atoms with E-state index in [1.165, 1.54) is 12.1 Å². The van der Waals surface area contributed by atoms with Crippen LogP contribution in [0.25, 0.3) is 0 Å². The number of fused-ring (bicyclic) bond motifs is 1. The minimum absolute atomic E-state index is 0.0287. The van der Waals surface area contributed by atoms with Crippen LogP contribution in [0.1, 0.15) is 46.4 Å². The molecule has 11 heteroatoms. The standard InChI is InChI=1S/C23H29N5O6/c29-18-7-6-16(21(31)26-18)28-22(32)15-4-3-5-17(20(15)23(28)33)34-14-19(30)25-8-1-2-11-27-12-9-24-10-13-27/h3-5,16,24H,1-2,6-14H2,(H,25,30)(H,26,29,31). The van der Waals surface area contributed by atoms with Gasteiger partial charge in [-0.05, 0) is 37.9 Å². The lowest BCUT2D eigenvalue weighted by atomic mass is 10.0. The number of hydrogen-bond donors (Lipinski definition) is 3. The summed E-state index contributed by atoms with van der Waals surface area (Å²) in [7, 11) is 0. The highest BCUT2D eigenvalue weighted by atomic mass is 16.5. The van der Waals surface area contributed by atoms with Crippen molar-refractivity contribution in [3.05, 3.63) is 29.3 Å². The van der Waals surface area contributed by atoms with E-state index in [0.717, 1.165) is 50.5 Å². The van der Waals surface area contributed by atoms with Gasteiger partial charge in [0.2, 0.25) is 11.8 Å². The van der Waals surface area contributed by atoms with Crippen molar-refractivity contribution in [3.63, 3.8) is 0 Å². The maximum absolute atomic E-state index is 13.0. The van der Waals surface area contributed by atoms with Crippen LogP contribution < -0.4 is 20.7 Å². The number of unbranched alkanes of at least 4 members (excludes halogenated alkanes) is 1. The van der Waals surface area contributed by atoms with Crippen molar-refractivity contribution >= 4 is 29.5 Å². The highest BCUT2D eigenvalue weighted by Crippen LogP contribution is 2.33. The number of amides is 5. The van der Waals surface area contributed by atoms with Gasteiger partial charge >= 0.3 is 0 Å². The molecule has 0 saturated carbocycles. The molecule has 4 rings (SSSR count). The van der Waals surface area contributed by atoms with Crippen LogP contribution in [0.3, 0.4) is 0 Å². The lowest BCUT2D eigenvalue weighted by Gasteiger charge is -2.27. The first-order valence-corrected chi connectivity index (χ1v) is 11.6. The molecule has 3 aliphatic rings. The molecule has 0 bridgehead atoms. The van der Waals surface area contributed by atoms with Crippen molar-refractivity contribution in [2.24, 2.45) is 0 Å². The third-order valence-electron chi connectivity index (χ3n) is 6.22. The fourth-order valence-electron chi connectivity index (χ4n) is 4.42. The van der Waals surface area contributed by atoms with Crippen molar-refractivity contribution in [3.8, 4) is 5.75 Å². The molecule has 1 atom stereocenters. The number of carbonyl (C=O) groups is 5. The average molecular weight is 472 g/mol. The van der Waals surface area contributed by atoms with Gasteiger partial charge in [0.25, 0.3) is 17.7 Å². The predicted octanol–water partition coefficient (Wildman–Crippen LogP) is -0.732. The summed E-state index contributed by atoms with van der Waals surface area (Å²) in [4.78, 5) is 65.0. The highest BCUT2D eigenvalue weighted by Gasteiger charge is 2.46. The third kappa shape index (κ3) is 5.26. The Kier molecular flexibility index (Phi) is 7.53. The molecule has 5 amide bonds. The summed E-state index contributed by atoms with van der Waals surface area (Å²) in [6.07, 6.45) is 1.95. The normalized spacial score (nSPS) is 20.8. The minimum atomic E-state index is -1.05. The average Bonchev–Trinajstić information content (AvgIpc) is 3.09. The lowest BCUT2D eigenvalue weighted by molar-refractivity contribution is -0.136. The number of carbonyl (C=O) groups excluding carboxylic acids is 5. The second-order valence-electron chi connectivity index (χ2n) is 8.56. The summed E-state index contributed by atoms with van der Waals surface area (Å²) in [6.45, 7) is 5.35. The maximum Gasteiger partial charge on any atom is 0.266 e. The number of nitrogens with one attached hydrogen (secondary N) is 3. The summed E-state index contributed by atoms with van der Waals surface area (Å²) >= 11 is 0. The first-order valence-electron chi connectivity index (χ1n) is 11.6. The summed E-state index contributed by atoms with van der Waals surface area (Å²) in [5.41, 5.74) is 0.140. The SMILES string of the molecule is O=C(COc1cccc2c1C(=O)N(C1CCC(=O)NC1=O)C2=O)NCCCCN1CCNCC1.